The molecule has 4 aromatic rings. The van der Waals surface area contributed by atoms with Crippen molar-refractivity contribution in [2.45, 2.75) is 40.2 Å². The van der Waals surface area contributed by atoms with Crippen LogP contribution in [0, 0.1) is 13.8 Å². The number of fused-ring (bicyclic) bond motifs is 1. The third-order valence-corrected chi connectivity index (χ3v) is 4.77. The Bertz CT molecular complexity index is 1060. The van der Waals surface area contributed by atoms with Crippen LogP contribution in [0.2, 0.25) is 0 Å². The van der Waals surface area contributed by atoms with Gasteiger partial charge in [-0.05, 0) is 37.0 Å². The van der Waals surface area contributed by atoms with E-state index in [1.54, 1.807) is 0 Å². The number of aromatic nitrogens is 4. The minimum atomic E-state index is 0.516. The molecular weight excluding hydrogens is 324 g/mol. The van der Waals surface area contributed by atoms with Crippen molar-refractivity contribution in [2.75, 3.05) is 0 Å². The minimum absolute atomic E-state index is 0.516. The van der Waals surface area contributed by atoms with Gasteiger partial charge in [0.05, 0.1) is 17.5 Å². The molecule has 0 spiro atoms. The Morgan fingerprint density at radius 1 is 1.12 bits per heavy atom. The molecule has 5 nitrogen and oxygen atoms in total. The average Bonchev–Trinajstić information content (AvgIpc) is 3.18. The van der Waals surface area contributed by atoms with Crippen LogP contribution in [0.3, 0.4) is 0 Å². The van der Waals surface area contributed by atoms with Gasteiger partial charge < -0.3 is 9.09 Å². The highest BCUT2D eigenvalue weighted by Crippen LogP contribution is 2.28. The Morgan fingerprint density at radius 2 is 1.96 bits per heavy atom. The first-order chi connectivity index (χ1) is 12.5. The molecule has 0 amide bonds. The summed E-state index contributed by atoms with van der Waals surface area (Å²) in [5.74, 6) is 1.32. The molecule has 4 rings (SSSR count). The van der Waals surface area contributed by atoms with Crippen molar-refractivity contribution in [3.63, 3.8) is 0 Å². The van der Waals surface area contributed by atoms with Crippen molar-refractivity contribution in [3.8, 4) is 11.1 Å². The van der Waals surface area contributed by atoms with Crippen molar-refractivity contribution in [1.82, 2.24) is 19.7 Å². The van der Waals surface area contributed by atoms with E-state index in [1.807, 2.05) is 26.4 Å². The van der Waals surface area contributed by atoms with Gasteiger partial charge >= 0.3 is 0 Å². The third kappa shape index (κ3) is 2.90. The maximum absolute atomic E-state index is 5.30. The van der Waals surface area contributed by atoms with Crippen molar-refractivity contribution < 1.29 is 4.52 Å². The van der Waals surface area contributed by atoms with Crippen LogP contribution in [-0.4, -0.2) is 19.7 Å². The molecule has 0 radical (unpaired) electrons. The van der Waals surface area contributed by atoms with E-state index in [0.29, 0.717) is 5.92 Å². The van der Waals surface area contributed by atoms with Crippen molar-refractivity contribution in [3.05, 3.63) is 65.4 Å². The fourth-order valence-corrected chi connectivity index (χ4v) is 3.35. The molecule has 0 saturated carbocycles. The maximum Gasteiger partial charge on any atom is 0.177 e. The summed E-state index contributed by atoms with van der Waals surface area (Å²) < 4.78 is 7.45. The zero-order valence-corrected chi connectivity index (χ0v) is 15.5. The summed E-state index contributed by atoms with van der Waals surface area (Å²) in [5.41, 5.74) is 7.26. The molecule has 0 aliphatic carbocycles. The molecular formula is C21H22N4O. The molecule has 0 saturated heterocycles. The van der Waals surface area contributed by atoms with Crippen LogP contribution in [0.15, 0.2) is 47.4 Å². The van der Waals surface area contributed by atoms with Gasteiger partial charge in [0, 0.05) is 23.9 Å². The number of pyridine rings is 1. The van der Waals surface area contributed by atoms with Gasteiger partial charge in [-0.3, -0.25) is 0 Å². The summed E-state index contributed by atoms with van der Waals surface area (Å²) in [6.07, 6.45) is 3.70. The van der Waals surface area contributed by atoms with E-state index in [-0.39, 0.29) is 0 Å². The smallest absolute Gasteiger partial charge is 0.177 e. The van der Waals surface area contributed by atoms with Gasteiger partial charge in [-0.25, -0.2) is 9.97 Å². The number of hydrogen-bond donors (Lipinski definition) is 0. The van der Waals surface area contributed by atoms with Gasteiger partial charge in [-0.15, -0.1) is 0 Å². The molecule has 3 heterocycles. The molecule has 1 aromatic carbocycles. The average molecular weight is 346 g/mol. The van der Waals surface area contributed by atoms with Crippen LogP contribution in [0.25, 0.3) is 22.3 Å². The Balaban J connectivity index is 1.75. The second-order valence-electron chi connectivity index (χ2n) is 7.04. The second kappa shape index (κ2) is 6.41. The Morgan fingerprint density at radius 3 is 2.69 bits per heavy atom. The lowest BCUT2D eigenvalue weighted by molar-refractivity contribution is 0.393. The fraction of sp³-hybridized carbons (Fsp3) is 0.286. The lowest BCUT2D eigenvalue weighted by Gasteiger charge is -2.10. The summed E-state index contributed by atoms with van der Waals surface area (Å²) in [6.45, 7) is 9.07. The van der Waals surface area contributed by atoms with E-state index in [1.165, 1.54) is 11.1 Å². The van der Waals surface area contributed by atoms with E-state index in [4.69, 9.17) is 4.52 Å². The minimum Gasteiger partial charge on any atom is -0.361 e. The van der Waals surface area contributed by atoms with Crippen molar-refractivity contribution in [2.24, 2.45) is 0 Å². The van der Waals surface area contributed by atoms with Crippen LogP contribution < -0.4 is 0 Å². The Labute approximate surface area is 152 Å². The van der Waals surface area contributed by atoms with Crippen LogP contribution >= 0.6 is 0 Å². The number of aryl methyl sites for hydroxylation is 2. The van der Waals surface area contributed by atoms with Crippen LogP contribution in [-0.2, 0) is 6.54 Å². The van der Waals surface area contributed by atoms with Gasteiger partial charge in [0.1, 0.15) is 5.76 Å². The molecule has 0 atom stereocenters. The highest BCUT2D eigenvalue weighted by Gasteiger charge is 2.14. The molecule has 0 fully saturated rings. The van der Waals surface area contributed by atoms with E-state index >= 15 is 0 Å². The van der Waals surface area contributed by atoms with E-state index in [0.717, 1.165) is 40.3 Å². The lowest BCUT2D eigenvalue weighted by atomic mass is 10.0. The SMILES string of the molecule is Cc1noc(C)c1-c1cnc2ncn(Cc3cccc(C(C)C)c3)c2c1. The molecule has 5 heteroatoms. The molecule has 0 unspecified atom stereocenters. The molecule has 0 bridgehead atoms. The normalized spacial score (nSPS) is 11.6. The first-order valence-corrected chi connectivity index (χ1v) is 8.86. The van der Waals surface area contributed by atoms with Gasteiger partial charge in [0.25, 0.3) is 0 Å². The highest BCUT2D eigenvalue weighted by atomic mass is 16.5. The zero-order chi connectivity index (χ0) is 18.3. The Kier molecular flexibility index (Phi) is 4.07. The molecule has 0 N–H and O–H groups in total. The largest absolute Gasteiger partial charge is 0.361 e. The fourth-order valence-electron chi connectivity index (χ4n) is 3.35. The third-order valence-electron chi connectivity index (χ3n) is 4.77. The summed E-state index contributed by atoms with van der Waals surface area (Å²) in [4.78, 5) is 8.98. The van der Waals surface area contributed by atoms with Crippen molar-refractivity contribution >= 4 is 11.2 Å². The first kappa shape index (κ1) is 16.5. The highest BCUT2D eigenvalue weighted by molar-refractivity contribution is 5.79. The summed E-state index contributed by atoms with van der Waals surface area (Å²) >= 11 is 0. The monoisotopic (exact) mass is 346 g/mol. The van der Waals surface area contributed by atoms with E-state index in [9.17, 15) is 0 Å². The molecule has 132 valence electrons. The summed E-state index contributed by atoms with van der Waals surface area (Å²) in [7, 11) is 0. The van der Waals surface area contributed by atoms with E-state index in [2.05, 4.69) is 63.9 Å². The maximum atomic E-state index is 5.30. The first-order valence-electron chi connectivity index (χ1n) is 8.86. The lowest BCUT2D eigenvalue weighted by Crippen LogP contribution is -2.00. The summed E-state index contributed by atoms with van der Waals surface area (Å²) in [6, 6.07) is 10.8. The zero-order valence-electron chi connectivity index (χ0n) is 15.5. The topological polar surface area (TPSA) is 56.7 Å². The predicted octanol–water partition coefficient (Wildman–Crippen LogP) is 4.87. The summed E-state index contributed by atoms with van der Waals surface area (Å²) in [5, 5.41) is 4.05. The van der Waals surface area contributed by atoms with Gasteiger partial charge in [-0.2, -0.15) is 0 Å². The van der Waals surface area contributed by atoms with Crippen molar-refractivity contribution in [1.29, 1.82) is 0 Å². The number of hydrogen-bond acceptors (Lipinski definition) is 4. The number of nitrogens with zero attached hydrogens (tertiary/aromatic N) is 4. The predicted molar refractivity (Wildman–Crippen MR) is 102 cm³/mol. The number of rotatable bonds is 4. The van der Waals surface area contributed by atoms with Gasteiger partial charge in [0.2, 0.25) is 0 Å². The quantitative estimate of drug-likeness (QED) is 0.529. The Hall–Kier alpha value is -2.95. The standard InChI is InChI=1S/C21H22N4O/c1-13(2)17-7-5-6-16(8-17)11-25-12-23-21-19(25)9-18(10-22-21)20-14(3)24-26-15(20)4/h5-10,12-13H,11H2,1-4H3. The van der Waals surface area contributed by atoms with Crippen LogP contribution in [0.4, 0.5) is 0 Å². The molecule has 26 heavy (non-hydrogen) atoms. The van der Waals surface area contributed by atoms with Crippen LogP contribution in [0.5, 0.6) is 0 Å². The number of imidazole rings is 1. The number of benzene rings is 1. The molecule has 3 aromatic heterocycles. The second-order valence-corrected chi connectivity index (χ2v) is 7.04. The molecule has 0 aliphatic rings. The van der Waals surface area contributed by atoms with Gasteiger partial charge in [-0.1, -0.05) is 43.3 Å². The molecule has 0 aliphatic heterocycles. The van der Waals surface area contributed by atoms with E-state index < -0.39 is 0 Å². The van der Waals surface area contributed by atoms with Gasteiger partial charge in [0.15, 0.2) is 5.65 Å². The van der Waals surface area contributed by atoms with Crippen LogP contribution in [0.1, 0.15) is 42.3 Å².